The van der Waals surface area contributed by atoms with E-state index < -0.39 is 0 Å². The molecule has 0 amide bonds. The maximum Gasteiger partial charge on any atom is 0.338 e. The molecule has 0 N–H and O–H groups in total. The Balaban J connectivity index is 1.28. The van der Waals surface area contributed by atoms with Crippen LogP contribution in [0.4, 0.5) is 5.69 Å². The van der Waals surface area contributed by atoms with E-state index in [1.54, 1.807) is 0 Å². The molecular formula is C28H29N3O2. The molecule has 33 heavy (non-hydrogen) atoms. The number of aliphatic imine (C=N–C) groups is 1. The molecule has 0 unspecified atom stereocenters. The minimum atomic E-state index is -0.260. The largest absolute Gasteiger partial charge is 0.462 e. The Morgan fingerprint density at radius 3 is 2.33 bits per heavy atom. The summed E-state index contributed by atoms with van der Waals surface area (Å²) in [5.74, 6) is 0.831. The summed E-state index contributed by atoms with van der Waals surface area (Å²) in [5.41, 5.74) is 6.76. The number of piperazine rings is 1. The van der Waals surface area contributed by atoms with Gasteiger partial charge in [-0.3, -0.25) is 4.90 Å². The summed E-state index contributed by atoms with van der Waals surface area (Å²) in [6.07, 6.45) is 0.918. The van der Waals surface area contributed by atoms with Gasteiger partial charge in [-0.25, -0.2) is 9.79 Å². The Morgan fingerprint density at radius 2 is 1.58 bits per heavy atom. The highest BCUT2D eigenvalue weighted by Crippen LogP contribution is 2.29. The zero-order valence-corrected chi connectivity index (χ0v) is 19.0. The molecule has 5 heteroatoms. The van der Waals surface area contributed by atoms with E-state index in [0.717, 1.165) is 50.7 Å². The summed E-state index contributed by atoms with van der Waals surface area (Å²) in [7, 11) is 0. The van der Waals surface area contributed by atoms with Crippen molar-refractivity contribution in [2.45, 2.75) is 19.9 Å². The fraction of sp³-hybridized carbons (Fsp3) is 0.286. The van der Waals surface area contributed by atoms with Crippen LogP contribution in [0.1, 0.15) is 39.5 Å². The fourth-order valence-electron chi connectivity index (χ4n) is 4.62. The van der Waals surface area contributed by atoms with Crippen LogP contribution in [0.2, 0.25) is 0 Å². The topological polar surface area (TPSA) is 45.1 Å². The number of hydrogen-bond donors (Lipinski definition) is 0. The lowest BCUT2D eigenvalue weighted by Crippen LogP contribution is -2.48. The van der Waals surface area contributed by atoms with Gasteiger partial charge < -0.3 is 9.64 Å². The van der Waals surface area contributed by atoms with Crippen molar-refractivity contribution in [1.29, 1.82) is 0 Å². The maximum absolute atomic E-state index is 11.9. The monoisotopic (exact) mass is 439 g/mol. The first kappa shape index (κ1) is 21.4. The van der Waals surface area contributed by atoms with Gasteiger partial charge in [0.05, 0.1) is 17.9 Å². The Morgan fingerprint density at radius 1 is 0.879 bits per heavy atom. The predicted octanol–water partition coefficient (Wildman–Crippen LogP) is 4.66. The van der Waals surface area contributed by atoms with Crippen molar-refractivity contribution in [2.24, 2.45) is 4.99 Å². The number of rotatable bonds is 4. The van der Waals surface area contributed by atoms with Gasteiger partial charge in [0.1, 0.15) is 5.84 Å². The van der Waals surface area contributed by atoms with Crippen LogP contribution >= 0.6 is 0 Å². The summed E-state index contributed by atoms with van der Waals surface area (Å²) in [4.78, 5) is 21.9. The van der Waals surface area contributed by atoms with Gasteiger partial charge in [-0.05, 0) is 41.8 Å². The molecule has 3 aromatic carbocycles. The van der Waals surface area contributed by atoms with Gasteiger partial charge in [0.2, 0.25) is 0 Å². The summed E-state index contributed by atoms with van der Waals surface area (Å²) >= 11 is 0. The van der Waals surface area contributed by atoms with Crippen LogP contribution in [0.15, 0.2) is 77.8 Å². The van der Waals surface area contributed by atoms with Gasteiger partial charge in [0, 0.05) is 44.7 Å². The SMILES string of the molecule is CCOC(=O)c1ccc(CN2CCN(C3=Nc4ccccc4Cc4ccccc43)CC2)cc1. The molecule has 5 rings (SSSR count). The molecule has 0 atom stereocenters. The second-order valence-corrected chi connectivity index (χ2v) is 8.58. The summed E-state index contributed by atoms with van der Waals surface area (Å²) in [6.45, 7) is 6.93. The van der Waals surface area contributed by atoms with Gasteiger partial charge >= 0.3 is 5.97 Å². The number of carbonyl (C=O) groups is 1. The van der Waals surface area contributed by atoms with E-state index in [1.165, 1.54) is 22.3 Å². The third-order valence-electron chi connectivity index (χ3n) is 6.40. The average Bonchev–Trinajstić information content (AvgIpc) is 3.02. The van der Waals surface area contributed by atoms with E-state index in [-0.39, 0.29) is 5.97 Å². The Kier molecular flexibility index (Phi) is 6.22. The van der Waals surface area contributed by atoms with Crippen molar-refractivity contribution in [2.75, 3.05) is 32.8 Å². The van der Waals surface area contributed by atoms with Crippen LogP contribution in [0.25, 0.3) is 0 Å². The highest BCUT2D eigenvalue weighted by atomic mass is 16.5. The second kappa shape index (κ2) is 9.59. The predicted molar refractivity (Wildman–Crippen MR) is 131 cm³/mol. The molecule has 0 aromatic heterocycles. The molecule has 3 aromatic rings. The van der Waals surface area contributed by atoms with Crippen molar-refractivity contribution < 1.29 is 9.53 Å². The van der Waals surface area contributed by atoms with Gasteiger partial charge in [0.25, 0.3) is 0 Å². The van der Waals surface area contributed by atoms with E-state index in [9.17, 15) is 4.79 Å². The summed E-state index contributed by atoms with van der Waals surface area (Å²) < 4.78 is 5.08. The number of amidine groups is 1. The van der Waals surface area contributed by atoms with Crippen LogP contribution in [0.3, 0.4) is 0 Å². The zero-order chi connectivity index (χ0) is 22.6. The standard InChI is InChI=1S/C28H29N3O2/c1-2-33-28(32)22-13-11-21(12-14-22)20-30-15-17-31(18-16-30)27-25-9-5-3-7-23(25)19-24-8-4-6-10-26(24)29-27/h3-14H,2,15-20H2,1H3. The molecule has 0 saturated carbocycles. The number of para-hydroxylation sites is 1. The van der Waals surface area contributed by atoms with Crippen molar-refractivity contribution in [1.82, 2.24) is 9.80 Å². The molecule has 0 spiro atoms. The van der Waals surface area contributed by atoms with Crippen molar-refractivity contribution >= 4 is 17.5 Å². The number of benzene rings is 3. The molecule has 168 valence electrons. The first-order chi connectivity index (χ1) is 16.2. The van der Waals surface area contributed by atoms with Crippen LogP contribution in [0.5, 0.6) is 0 Å². The lowest BCUT2D eigenvalue weighted by molar-refractivity contribution is 0.0526. The normalized spacial score (nSPS) is 15.8. The number of hydrogen-bond acceptors (Lipinski definition) is 5. The molecule has 2 aliphatic heterocycles. The van der Waals surface area contributed by atoms with Gasteiger partial charge in [0.15, 0.2) is 0 Å². The minimum Gasteiger partial charge on any atom is -0.462 e. The van der Waals surface area contributed by atoms with E-state index in [4.69, 9.17) is 9.73 Å². The Bertz CT molecular complexity index is 1160. The Labute approximate surface area is 195 Å². The molecule has 1 saturated heterocycles. The lowest BCUT2D eigenvalue weighted by atomic mass is 9.99. The van der Waals surface area contributed by atoms with E-state index in [1.807, 2.05) is 31.2 Å². The highest BCUT2D eigenvalue weighted by molar-refractivity contribution is 6.02. The number of nitrogens with zero attached hydrogens (tertiary/aromatic N) is 3. The fourth-order valence-corrected chi connectivity index (χ4v) is 4.62. The Hall–Kier alpha value is -3.44. The number of fused-ring (bicyclic) bond motifs is 2. The molecule has 0 bridgehead atoms. The smallest absolute Gasteiger partial charge is 0.338 e. The molecule has 1 fully saturated rings. The molecular weight excluding hydrogens is 410 g/mol. The summed E-state index contributed by atoms with van der Waals surface area (Å²) in [6, 6.07) is 24.9. The summed E-state index contributed by atoms with van der Waals surface area (Å²) in [5, 5.41) is 0. The molecule has 2 aliphatic rings. The van der Waals surface area contributed by atoms with Crippen LogP contribution in [-0.4, -0.2) is 54.4 Å². The molecule has 5 nitrogen and oxygen atoms in total. The lowest BCUT2D eigenvalue weighted by Gasteiger charge is -2.36. The van der Waals surface area contributed by atoms with E-state index in [0.29, 0.717) is 12.2 Å². The maximum atomic E-state index is 11.9. The first-order valence-electron chi connectivity index (χ1n) is 11.7. The van der Waals surface area contributed by atoms with Gasteiger partial charge in [-0.1, -0.05) is 54.6 Å². The van der Waals surface area contributed by atoms with Gasteiger partial charge in [-0.2, -0.15) is 0 Å². The molecule has 0 aliphatic carbocycles. The second-order valence-electron chi connectivity index (χ2n) is 8.58. The van der Waals surface area contributed by atoms with Crippen molar-refractivity contribution in [3.8, 4) is 0 Å². The zero-order valence-electron chi connectivity index (χ0n) is 19.0. The van der Waals surface area contributed by atoms with Crippen molar-refractivity contribution in [3.63, 3.8) is 0 Å². The van der Waals surface area contributed by atoms with Crippen molar-refractivity contribution in [3.05, 3.63) is 101 Å². The van der Waals surface area contributed by atoms with E-state index >= 15 is 0 Å². The van der Waals surface area contributed by atoms with Crippen LogP contribution < -0.4 is 0 Å². The minimum absolute atomic E-state index is 0.260. The number of carbonyl (C=O) groups excluding carboxylic acids is 1. The average molecular weight is 440 g/mol. The van der Waals surface area contributed by atoms with E-state index in [2.05, 4.69) is 58.3 Å². The quantitative estimate of drug-likeness (QED) is 0.555. The van der Waals surface area contributed by atoms with Crippen LogP contribution in [-0.2, 0) is 17.7 Å². The highest BCUT2D eigenvalue weighted by Gasteiger charge is 2.24. The number of esters is 1. The van der Waals surface area contributed by atoms with Gasteiger partial charge in [-0.15, -0.1) is 0 Å². The number of ether oxygens (including phenoxy) is 1. The molecule has 2 heterocycles. The first-order valence-corrected chi connectivity index (χ1v) is 11.7. The third kappa shape index (κ3) is 4.69. The third-order valence-corrected chi connectivity index (χ3v) is 6.40. The molecule has 0 radical (unpaired) electrons. The van der Waals surface area contributed by atoms with Crippen LogP contribution in [0, 0.1) is 0 Å².